The standard InChI is InChI=1S/C17H21NO3S/c1-4-10-22(21)17-14(18-11(3)5-2)15(19)12-8-6-7-9-13(12)16(17)20/h6-9,11,18H,4-5,10H2,1-3H3. The molecular formula is C17H21NO3S. The van der Waals surface area contributed by atoms with Gasteiger partial charge in [-0.3, -0.25) is 13.8 Å². The molecule has 0 bridgehead atoms. The molecule has 118 valence electrons. The average Bonchev–Trinajstić information content (AvgIpc) is 2.52. The van der Waals surface area contributed by atoms with Crippen LogP contribution in [0.4, 0.5) is 0 Å². The highest BCUT2D eigenvalue weighted by Gasteiger charge is 2.35. The average molecular weight is 319 g/mol. The molecule has 0 aromatic heterocycles. The smallest absolute Gasteiger partial charge is 0.210 e. The van der Waals surface area contributed by atoms with Gasteiger partial charge in [0.2, 0.25) is 11.6 Å². The molecule has 0 heterocycles. The lowest BCUT2D eigenvalue weighted by Gasteiger charge is -2.23. The van der Waals surface area contributed by atoms with Gasteiger partial charge >= 0.3 is 0 Å². The van der Waals surface area contributed by atoms with Gasteiger partial charge in [0.15, 0.2) is 0 Å². The summed E-state index contributed by atoms with van der Waals surface area (Å²) < 4.78 is 12.5. The molecular weight excluding hydrogens is 298 g/mol. The summed E-state index contributed by atoms with van der Waals surface area (Å²) in [5.41, 5.74) is 0.946. The minimum atomic E-state index is -1.47. The maximum Gasteiger partial charge on any atom is 0.210 e. The van der Waals surface area contributed by atoms with Gasteiger partial charge in [-0.25, -0.2) is 0 Å². The number of fused-ring (bicyclic) bond motifs is 1. The molecule has 2 atom stereocenters. The lowest BCUT2D eigenvalue weighted by molar-refractivity contribution is 0.0973. The topological polar surface area (TPSA) is 63.2 Å². The fourth-order valence-electron chi connectivity index (χ4n) is 2.34. The number of benzene rings is 1. The number of Topliss-reactive ketones (excluding diaryl/α,β-unsaturated/α-hetero) is 2. The van der Waals surface area contributed by atoms with Crippen LogP contribution >= 0.6 is 0 Å². The predicted octanol–water partition coefficient (Wildman–Crippen LogP) is 2.82. The van der Waals surface area contributed by atoms with Crippen LogP contribution in [0.3, 0.4) is 0 Å². The van der Waals surface area contributed by atoms with Crippen LogP contribution in [0.25, 0.3) is 0 Å². The SMILES string of the molecule is CCCS(=O)C1=C(NC(C)CC)C(=O)c2ccccc2C1=O. The van der Waals surface area contributed by atoms with Crippen molar-refractivity contribution in [3.63, 3.8) is 0 Å². The fourth-order valence-corrected chi connectivity index (χ4v) is 3.61. The van der Waals surface area contributed by atoms with Crippen molar-refractivity contribution in [2.24, 2.45) is 0 Å². The minimum absolute atomic E-state index is 0.0330. The maximum absolute atomic E-state index is 12.7. The van der Waals surface area contributed by atoms with E-state index in [1.54, 1.807) is 24.3 Å². The van der Waals surface area contributed by atoms with Crippen molar-refractivity contribution < 1.29 is 13.8 Å². The third-order valence-corrected chi connectivity index (χ3v) is 5.32. The molecule has 0 saturated carbocycles. The van der Waals surface area contributed by atoms with E-state index < -0.39 is 10.8 Å². The van der Waals surface area contributed by atoms with Crippen molar-refractivity contribution in [3.8, 4) is 0 Å². The number of carbonyl (C=O) groups excluding carboxylic acids is 2. The van der Waals surface area contributed by atoms with Crippen LogP contribution in [-0.4, -0.2) is 27.6 Å². The zero-order valence-corrected chi connectivity index (χ0v) is 14.0. The van der Waals surface area contributed by atoms with Crippen molar-refractivity contribution in [3.05, 3.63) is 46.0 Å². The first-order valence-corrected chi connectivity index (χ1v) is 8.90. The molecule has 22 heavy (non-hydrogen) atoms. The Kier molecular flexibility index (Phi) is 5.29. The summed E-state index contributed by atoms with van der Waals surface area (Å²) in [5.74, 6) is -0.162. The van der Waals surface area contributed by atoms with E-state index in [1.165, 1.54) is 0 Å². The number of hydrogen-bond donors (Lipinski definition) is 1. The van der Waals surface area contributed by atoms with Crippen LogP contribution in [0.2, 0.25) is 0 Å². The van der Waals surface area contributed by atoms with Crippen molar-refractivity contribution in [2.45, 2.75) is 39.7 Å². The highest BCUT2D eigenvalue weighted by Crippen LogP contribution is 2.27. The Balaban J connectivity index is 2.57. The van der Waals surface area contributed by atoms with Gasteiger partial charge in [0, 0.05) is 22.9 Å². The second kappa shape index (κ2) is 7.01. The molecule has 1 aliphatic rings. The van der Waals surface area contributed by atoms with E-state index >= 15 is 0 Å². The number of hydrogen-bond acceptors (Lipinski definition) is 4. The fraction of sp³-hybridized carbons (Fsp3) is 0.412. The maximum atomic E-state index is 12.7. The first kappa shape index (κ1) is 16.6. The summed E-state index contributed by atoms with van der Waals surface area (Å²) >= 11 is 0. The summed E-state index contributed by atoms with van der Waals surface area (Å²) in [7, 11) is -1.47. The van der Waals surface area contributed by atoms with Crippen molar-refractivity contribution in [1.29, 1.82) is 0 Å². The Morgan fingerprint density at radius 1 is 1.09 bits per heavy atom. The summed E-state index contributed by atoms with van der Waals surface area (Å²) in [6.45, 7) is 5.83. The number of carbonyl (C=O) groups is 2. The van der Waals surface area contributed by atoms with E-state index in [9.17, 15) is 13.8 Å². The van der Waals surface area contributed by atoms with Gasteiger partial charge in [0.25, 0.3) is 0 Å². The van der Waals surface area contributed by atoms with E-state index in [1.807, 2.05) is 20.8 Å². The summed E-state index contributed by atoms with van der Waals surface area (Å²) in [5, 5.41) is 3.10. The molecule has 4 nitrogen and oxygen atoms in total. The largest absolute Gasteiger partial charge is 0.378 e. The van der Waals surface area contributed by atoms with Crippen LogP contribution in [-0.2, 0) is 10.8 Å². The molecule has 0 fully saturated rings. The quantitative estimate of drug-likeness (QED) is 0.876. The third-order valence-electron chi connectivity index (χ3n) is 3.70. The second-order valence-electron chi connectivity index (χ2n) is 5.41. The third kappa shape index (κ3) is 3.04. The number of nitrogens with one attached hydrogen (secondary N) is 1. The summed E-state index contributed by atoms with van der Waals surface area (Å²) in [4.78, 5) is 25.6. The van der Waals surface area contributed by atoms with E-state index in [2.05, 4.69) is 5.32 Å². The van der Waals surface area contributed by atoms with Crippen LogP contribution < -0.4 is 5.32 Å². The Morgan fingerprint density at radius 2 is 1.68 bits per heavy atom. The first-order valence-electron chi connectivity index (χ1n) is 7.58. The molecule has 1 aromatic carbocycles. The van der Waals surface area contributed by atoms with Crippen LogP contribution in [0.15, 0.2) is 34.9 Å². The Morgan fingerprint density at radius 3 is 2.23 bits per heavy atom. The van der Waals surface area contributed by atoms with Crippen molar-refractivity contribution in [1.82, 2.24) is 5.32 Å². The number of rotatable bonds is 6. The summed E-state index contributed by atoms with van der Waals surface area (Å²) in [6.07, 6.45) is 1.50. The van der Waals surface area contributed by atoms with Gasteiger partial charge in [0.05, 0.1) is 10.8 Å². The zero-order valence-electron chi connectivity index (χ0n) is 13.1. The molecule has 1 aromatic rings. The van der Waals surface area contributed by atoms with Gasteiger partial charge < -0.3 is 5.32 Å². The molecule has 0 aliphatic heterocycles. The lowest BCUT2D eigenvalue weighted by Crippen LogP contribution is -2.36. The molecule has 2 rings (SSSR count). The van der Waals surface area contributed by atoms with Gasteiger partial charge in [-0.2, -0.15) is 0 Å². The molecule has 1 aliphatic carbocycles. The monoisotopic (exact) mass is 319 g/mol. The molecule has 0 saturated heterocycles. The molecule has 0 radical (unpaired) electrons. The van der Waals surface area contributed by atoms with Crippen molar-refractivity contribution >= 4 is 22.4 Å². The van der Waals surface area contributed by atoms with E-state index in [4.69, 9.17) is 0 Å². The second-order valence-corrected chi connectivity index (χ2v) is 6.92. The minimum Gasteiger partial charge on any atom is -0.378 e. The highest BCUT2D eigenvalue weighted by molar-refractivity contribution is 7.90. The van der Waals surface area contributed by atoms with Gasteiger partial charge in [-0.05, 0) is 19.8 Å². The first-order chi connectivity index (χ1) is 10.5. The Labute approximate surface area is 133 Å². The predicted molar refractivity (Wildman–Crippen MR) is 88.3 cm³/mol. The van der Waals surface area contributed by atoms with Gasteiger partial charge in [-0.15, -0.1) is 0 Å². The van der Waals surface area contributed by atoms with Crippen LogP contribution in [0.1, 0.15) is 54.3 Å². The molecule has 1 N–H and O–H groups in total. The summed E-state index contributed by atoms with van der Waals surface area (Å²) in [6, 6.07) is 6.76. The highest BCUT2D eigenvalue weighted by atomic mass is 32.2. The van der Waals surface area contributed by atoms with E-state index in [0.29, 0.717) is 23.3 Å². The van der Waals surface area contributed by atoms with Crippen LogP contribution in [0.5, 0.6) is 0 Å². The van der Waals surface area contributed by atoms with E-state index in [0.717, 1.165) is 6.42 Å². The van der Waals surface area contributed by atoms with Gasteiger partial charge in [0.1, 0.15) is 10.6 Å². The zero-order chi connectivity index (χ0) is 16.3. The molecule has 0 amide bonds. The number of allylic oxidation sites excluding steroid dienone is 2. The van der Waals surface area contributed by atoms with E-state index in [-0.39, 0.29) is 28.2 Å². The molecule has 2 unspecified atom stereocenters. The van der Waals surface area contributed by atoms with Gasteiger partial charge in [-0.1, -0.05) is 38.1 Å². The Bertz CT molecular complexity index is 664. The lowest BCUT2D eigenvalue weighted by atomic mass is 9.92. The van der Waals surface area contributed by atoms with Crippen LogP contribution in [0, 0.1) is 0 Å². The Hall–Kier alpha value is -1.75. The molecule has 0 spiro atoms. The molecule has 5 heteroatoms. The van der Waals surface area contributed by atoms with Crippen molar-refractivity contribution in [2.75, 3.05) is 5.75 Å². The normalized spacial score (nSPS) is 17.2. The number of ketones is 2.